The summed E-state index contributed by atoms with van der Waals surface area (Å²) in [6.45, 7) is 8.26. The van der Waals surface area contributed by atoms with Crippen molar-refractivity contribution >= 4 is 23.5 Å². The van der Waals surface area contributed by atoms with Gasteiger partial charge >= 0.3 is 0 Å². The number of Topliss-reactive ketones (excluding diaryl/α,β-unsaturated/α-hetero) is 1. The predicted octanol–water partition coefficient (Wildman–Crippen LogP) is 1.43. The average molecular weight is 541 g/mol. The van der Waals surface area contributed by atoms with Gasteiger partial charge in [-0.15, -0.1) is 0 Å². The van der Waals surface area contributed by atoms with Gasteiger partial charge in [-0.25, -0.2) is 0 Å². The number of benzene rings is 2. The highest BCUT2D eigenvalue weighted by molar-refractivity contribution is 5.97. The van der Waals surface area contributed by atoms with Crippen LogP contribution in [0.1, 0.15) is 38.8 Å². The maximum atomic E-state index is 12.7. The molecule has 2 aromatic carbocycles. The molecule has 1 aliphatic heterocycles. The summed E-state index contributed by atoms with van der Waals surface area (Å²) in [6.07, 6.45) is 0.316. The summed E-state index contributed by atoms with van der Waals surface area (Å²) in [5.74, 6) is -0.830. The lowest BCUT2D eigenvalue weighted by Gasteiger charge is -2.22. The maximum Gasteiger partial charge on any atom is 0.242 e. The highest BCUT2D eigenvalue weighted by Crippen LogP contribution is 2.29. The van der Waals surface area contributed by atoms with Crippen LogP contribution in [0.5, 0.6) is 5.75 Å². The minimum atomic E-state index is -1.13. The molecule has 39 heavy (non-hydrogen) atoms. The molecule has 3 rings (SSSR count). The zero-order chi connectivity index (χ0) is 29.2. The Hall–Kier alpha value is -3.76. The molecule has 2 aromatic rings. The first-order valence-corrected chi connectivity index (χ1v) is 12.7. The van der Waals surface area contributed by atoms with Crippen molar-refractivity contribution in [1.29, 1.82) is 0 Å². The Labute approximate surface area is 230 Å². The third-order valence-corrected chi connectivity index (χ3v) is 6.04. The molecule has 3 atom stereocenters. The highest BCUT2D eigenvalue weighted by atomic mass is 16.6. The molecule has 1 fully saturated rings. The van der Waals surface area contributed by atoms with Crippen molar-refractivity contribution in [3.63, 3.8) is 0 Å². The standard InChI is InChI=1S/C21H30N4O5.C8H10O/c1-13(24-19(29)20(2,3)22)18(28)23-11-16(26)25-15(17(27)21(4)12-30-21)10-14-8-6-5-7-9-14;1-7-3-5-8(9-2)6-4-7/h5-9,13,15H,10-12,22H2,1-4H3,(H,23,28)(H,24,29)(H,25,26);3-6H,1-2H3/t13?,15?,21-;/m1./s1. The van der Waals surface area contributed by atoms with Gasteiger partial charge in [0.05, 0.1) is 31.8 Å². The Morgan fingerprint density at radius 1 is 1.05 bits per heavy atom. The van der Waals surface area contributed by atoms with Gasteiger partial charge in [-0.2, -0.15) is 0 Å². The number of hydrogen-bond donors (Lipinski definition) is 4. The molecule has 2 unspecified atom stereocenters. The van der Waals surface area contributed by atoms with E-state index < -0.39 is 40.9 Å². The molecule has 1 saturated heterocycles. The van der Waals surface area contributed by atoms with Crippen LogP contribution in [0, 0.1) is 6.92 Å². The van der Waals surface area contributed by atoms with Gasteiger partial charge in [0.2, 0.25) is 17.7 Å². The lowest BCUT2D eigenvalue weighted by atomic mass is 9.95. The Balaban J connectivity index is 0.000000499. The first-order chi connectivity index (χ1) is 18.2. The van der Waals surface area contributed by atoms with Gasteiger partial charge in [0, 0.05) is 0 Å². The van der Waals surface area contributed by atoms with Gasteiger partial charge in [-0.05, 0) is 58.7 Å². The molecule has 0 saturated carbocycles. The Bertz CT molecular complexity index is 1120. The van der Waals surface area contributed by atoms with Crippen LogP contribution in [0.4, 0.5) is 0 Å². The molecule has 3 amide bonds. The number of methoxy groups -OCH3 is 1. The summed E-state index contributed by atoms with van der Waals surface area (Å²) in [7, 11) is 1.67. The molecule has 10 heteroatoms. The summed E-state index contributed by atoms with van der Waals surface area (Å²) < 4.78 is 10.2. The summed E-state index contributed by atoms with van der Waals surface area (Å²) >= 11 is 0. The molecule has 5 N–H and O–H groups in total. The third kappa shape index (κ3) is 10.5. The number of hydrogen-bond acceptors (Lipinski definition) is 7. The van der Waals surface area contributed by atoms with E-state index in [1.165, 1.54) is 26.3 Å². The minimum absolute atomic E-state index is 0.211. The van der Waals surface area contributed by atoms with Crippen molar-refractivity contribution in [3.05, 3.63) is 65.7 Å². The second kappa shape index (κ2) is 13.9. The summed E-state index contributed by atoms with van der Waals surface area (Å²) in [5, 5.41) is 7.62. The zero-order valence-corrected chi connectivity index (χ0v) is 23.5. The molecule has 0 bridgehead atoms. The largest absolute Gasteiger partial charge is 0.497 e. The SMILES string of the molecule is CC(NC(=O)C(C)(C)N)C(=O)NCC(=O)NC(Cc1ccccc1)C(=O)[C@@]1(C)CO1.COc1ccc(C)cc1. The second-order valence-corrected chi connectivity index (χ2v) is 10.3. The van der Waals surface area contributed by atoms with Crippen LogP contribution in [0.25, 0.3) is 0 Å². The van der Waals surface area contributed by atoms with Crippen LogP contribution in [-0.4, -0.2) is 67.0 Å². The van der Waals surface area contributed by atoms with Crippen LogP contribution in [0.2, 0.25) is 0 Å². The summed E-state index contributed by atoms with van der Waals surface area (Å²) in [4.78, 5) is 49.1. The van der Waals surface area contributed by atoms with E-state index in [0.29, 0.717) is 13.0 Å². The van der Waals surface area contributed by atoms with Crippen LogP contribution in [0.3, 0.4) is 0 Å². The molecule has 0 spiro atoms. The van der Waals surface area contributed by atoms with Crippen LogP contribution < -0.4 is 26.4 Å². The van der Waals surface area contributed by atoms with E-state index in [9.17, 15) is 19.2 Å². The van der Waals surface area contributed by atoms with E-state index in [1.54, 1.807) is 14.0 Å². The minimum Gasteiger partial charge on any atom is -0.497 e. The van der Waals surface area contributed by atoms with Crippen molar-refractivity contribution in [2.75, 3.05) is 20.3 Å². The number of ketones is 1. The van der Waals surface area contributed by atoms with Crippen LogP contribution >= 0.6 is 0 Å². The molecule has 212 valence electrons. The van der Waals surface area contributed by atoms with E-state index in [-0.39, 0.29) is 12.3 Å². The Kier molecular flexibility index (Phi) is 11.2. The number of nitrogens with one attached hydrogen (secondary N) is 3. The normalized spacial score (nSPS) is 17.4. The van der Waals surface area contributed by atoms with Crippen LogP contribution in [-0.2, 0) is 30.3 Å². The maximum absolute atomic E-state index is 12.7. The molecular weight excluding hydrogens is 500 g/mol. The van der Waals surface area contributed by atoms with E-state index >= 15 is 0 Å². The van der Waals surface area contributed by atoms with Gasteiger partial charge in [-0.3, -0.25) is 19.2 Å². The van der Waals surface area contributed by atoms with Gasteiger partial charge in [0.25, 0.3) is 0 Å². The van der Waals surface area contributed by atoms with E-state index in [0.717, 1.165) is 11.3 Å². The van der Waals surface area contributed by atoms with Crippen molar-refractivity contribution in [2.45, 2.75) is 64.3 Å². The molecule has 1 heterocycles. The van der Waals surface area contributed by atoms with Gasteiger partial charge < -0.3 is 31.2 Å². The monoisotopic (exact) mass is 540 g/mol. The number of epoxide rings is 1. The smallest absolute Gasteiger partial charge is 0.242 e. The fourth-order valence-electron chi connectivity index (χ4n) is 3.37. The van der Waals surface area contributed by atoms with Gasteiger partial charge in [0.15, 0.2) is 5.78 Å². The van der Waals surface area contributed by atoms with Crippen molar-refractivity contribution in [3.8, 4) is 5.75 Å². The second-order valence-electron chi connectivity index (χ2n) is 10.3. The fraction of sp³-hybridized carbons (Fsp3) is 0.448. The summed E-state index contributed by atoms with van der Waals surface area (Å²) in [6, 6.07) is 15.6. The number of nitrogens with two attached hydrogens (primary N) is 1. The number of ether oxygens (including phenoxy) is 2. The topological polar surface area (TPSA) is 152 Å². The lowest BCUT2D eigenvalue weighted by molar-refractivity contribution is -0.132. The van der Waals surface area contributed by atoms with Crippen molar-refractivity contribution in [1.82, 2.24) is 16.0 Å². The number of amides is 3. The highest BCUT2D eigenvalue weighted by Gasteiger charge is 2.50. The quantitative estimate of drug-likeness (QED) is 0.315. The first kappa shape index (κ1) is 31.5. The number of carbonyl (C=O) groups excluding carboxylic acids is 4. The van der Waals surface area contributed by atoms with Crippen molar-refractivity contribution in [2.24, 2.45) is 5.73 Å². The lowest BCUT2D eigenvalue weighted by Crippen LogP contribution is -2.56. The predicted molar refractivity (Wildman–Crippen MR) is 148 cm³/mol. The molecule has 0 aromatic heterocycles. The summed E-state index contributed by atoms with van der Waals surface area (Å²) in [5.41, 5.74) is 5.83. The number of aryl methyl sites for hydroxylation is 1. The molecular formula is C29H40N4O6. The Morgan fingerprint density at radius 2 is 1.64 bits per heavy atom. The number of carbonyl (C=O) groups is 4. The van der Waals surface area contributed by atoms with E-state index in [2.05, 4.69) is 22.9 Å². The van der Waals surface area contributed by atoms with E-state index in [4.69, 9.17) is 15.2 Å². The van der Waals surface area contributed by atoms with Gasteiger partial charge in [0.1, 0.15) is 17.4 Å². The fourth-order valence-corrected chi connectivity index (χ4v) is 3.37. The molecule has 0 radical (unpaired) electrons. The average Bonchev–Trinajstić information content (AvgIpc) is 3.65. The van der Waals surface area contributed by atoms with E-state index in [1.807, 2.05) is 54.6 Å². The third-order valence-electron chi connectivity index (χ3n) is 6.04. The van der Waals surface area contributed by atoms with Crippen LogP contribution in [0.15, 0.2) is 54.6 Å². The van der Waals surface area contributed by atoms with Gasteiger partial charge in [-0.1, -0.05) is 48.0 Å². The van der Waals surface area contributed by atoms with Crippen molar-refractivity contribution < 1.29 is 28.7 Å². The first-order valence-electron chi connectivity index (χ1n) is 12.7. The number of rotatable bonds is 11. The molecule has 1 aliphatic rings. The molecule has 0 aliphatic carbocycles. The Morgan fingerprint density at radius 3 is 2.15 bits per heavy atom. The zero-order valence-electron chi connectivity index (χ0n) is 23.5. The molecule has 10 nitrogen and oxygen atoms in total.